The summed E-state index contributed by atoms with van der Waals surface area (Å²) in [6, 6.07) is 3.63. The molecule has 21 heavy (non-hydrogen) atoms. The minimum Gasteiger partial charge on any atom is -0.358 e. The van der Waals surface area contributed by atoms with E-state index in [0.717, 1.165) is 0 Å². The SMILES string of the molecule is CNC(=O)C1CNCCN1S(=O)(=O)c1ccc(Cl)c(Br)c1. The van der Waals surface area contributed by atoms with Crippen LogP contribution in [-0.2, 0) is 14.8 Å². The van der Waals surface area contributed by atoms with Gasteiger partial charge in [0.05, 0.1) is 9.92 Å². The number of rotatable bonds is 3. The van der Waals surface area contributed by atoms with Crippen molar-refractivity contribution < 1.29 is 13.2 Å². The first kappa shape index (κ1) is 16.7. The van der Waals surface area contributed by atoms with Crippen LogP contribution in [0.1, 0.15) is 0 Å². The fourth-order valence-electron chi connectivity index (χ4n) is 2.14. The Hall–Kier alpha value is -0.670. The van der Waals surface area contributed by atoms with Crippen LogP contribution in [0.15, 0.2) is 27.6 Å². The van der Waals surface area contributed by atoms with Crippen LogP contribution in [0.2, 0.25) is 5.02 Å². The van der Waals surface area contributed by atoms with Gasteiger partial charge in [-0.1, -0.05) is 11.6 Å². The summed E-state index contributed by atoms with van der Waals surface area (Å²) in [5.74, 6) is -0.334. The van der Waals surface area contributed by atoms with Crippen molar-refractivity contribution in [3.05, 3.63) is 27.7 Å². The summed E-state index contributed by atoms with van der Waals surface area (Å²) in [7, 11) is -2.27. The highest BCUT2D eigenvalue weighted by atomic mass is 79.9. The lowest BCUT2D eigenvalue weighted by Gasteiger charge is -2.33. The number of benzene rings is 1. The molecule has 2 N–H and O–H groups in total. The van der Waals surface area contributed by atoms with Gasteiger partial charge in [-0.3, -0.25) is 4.79 Å². The lowest BCUT2D eigenvalue weighted by Crippen LogP contribution is -2.59. The maximum absolute atomic E-state index is 12.7. The highest BCUT2D eigenvalue weighted by Gasteiger charge is 2.37. The highest BCUT2D eigenvalue weighted by molar-refractivity contribution is 9.10. The van der Waals surface area contributed by atoms with Gasteiger partial charge in [0, 0.05) is 31.2 Å². The van der Waals surface area contributed by atoms with Crippen LogP contribution in [0.3, 0.4) is 0 Å². The highest BCUT2D eigenvalue weighted by Crippen LogP contribution is 2.28. The van der Waals surface area contributed by atoms with E-state index in [1.54, 1.807) is 0 Å². The average molecular weight is 397 g/mol. The van der Waals surface area contributed by atoms with E-state index in [0.29, 0.717) is 16.0 Å². The fourth-order valence-corrected chi connectivity index (χ4v) is 4.40. The Labute approximate surface area is 137 Å². The van der Waals surface area contributed by atoms with E-state index in [2.05, 4.69) is 26.6 Å². The van der Waals surface area contributed by atoms with Crippen LogP contribution >= 0.6 is 27.5 Å². The monoisotopic (exact) mass is 395 g/mol. The van der Waals surface area contributed by atoms with Crippen LogP contribution in [0.25, 0.3) is 0 Å². The quantitative estimate of drug-likeness (QED) is 0.792. The molecule has 2 rings (SSSR count). The number of hydrogen-bond acceptors (Lipinski definition) is 4. The van der Waals surface area contributed by atoms with E-state index >= 15 is 0 Å². The number of nitrogens with one attached hydrogen (secondary N) is 2. The third-order valence-electron chi connectivity index (χ3n) is 3.24. The van der Waals surface area contributed by atoms with Gasteiger partial charge in [0.2, 0.25) is 15.9 Å². The Morgan fingerprint density at radius 1 is 1.52 bits per heavy atom. The van der Waals surface area contributed by atoms with Crippen molar-refractivity contribution in [3.63, 3.8) is 0 Å². The average Bonchev–Trinajstić information content (AvgIpc) is 2.49. The number of sulfonamides is 1. The van der Waals surface area contributed by atoms with E-state index in [9.17, 15) is 13.2 Å². The lowest BCUT2D eigenvalue weighted by molar-refractivity contribution is -0.124. The second-order valence-corrected chi connectivity index (χ2v) is 7.68. The Balaban J connectivity index is 2.40. The van der Waals surface area contributed by atoms with E-state index in [-0.39, 0.29) is 23.9 Å². The molecule has 1 fully saturated rings. The molecule has 0 aromatic heterocycles. The van der Waals surface area contributed by atoms with Gasteiger partial charge < -0.3 is 10.6 Å². The first-order chi connectivity index (χ1) is 9.87. The van der Waals surface area contributed by atoms with Crippen molar-refractivity contribution in [1.29, 1.82) is 0 Å². The molecule has 1 aromatic rings. The number of halogens is 2. The third-order valence-corrected chi connectivity index (χ3v) is 6.36. The van der Waals surface area contributed by atoms with Crippen molar-refractivity contribution in [2.24, 2.45) is 0 Å². The van der Waals surface area contributed by atoms with E-state index < -0.39 is 16.1 Å². The van der Waals surface area contributed by atoms with Crippen molar-refractivity contribution >= 4 is 43.5 Å². The second kappa shape index (κ2) is 6.62. The summed E-state index contributed by atoms with van der Waals surface area (Å²) in [4.78, 5) is 12.0. The van der Waals surface area contributed by atoms with Gasteiger partial charge in [0.25, 0.3) is 0 Å². The maximum atomic E-state index is 12.7. The number of nitrogens with zero attached hydrogens (tertiary/aromatic N) is 1. The summed E-state index contributed by atoms with van der Waals surface area (Å²) in [6.07, 6.45) is 0. The summed E-state index contributed by atoms with van der Waals surface area (Å²) in [6.45, 7) is 1.02. The predicted molar refractivity (Wildman–Crippen MR) is 83.8 cm³/mol. The van der Waals surface area contributed by atoms with Gasteiger partial charge in [-0.05, 0) is 34.1 Å². The van der Waals surface area contributed by atoms with Gasteiger partial charge >= 0.3 is 0 Å². The van der Waals surface area contributed by atoms with E-state index in [1.807, 2.05) is 0 Å². The summed E-state index contributed by atoms with van der Waals surface area (Å²) < 4.78 is 27.2. The van der Waals surface area contributed by atoms with Gasteiger partial charge in [-0.2, -0.15) is 4.31 Å². The van der Waals surface area contributed by atoms with Crippen LogP contribution in [0.5, 0.6) is 0 Å². The fraction of sp³-hybridized carbons (Fsp3) is 0.417. The van der Waals surface area contributed by atoms with Gasteiger partial charge in [-0.25, -0.2) is 8.42 Å². The zero-order valence-electron chi connectivity index (χ0n) is 11.3. The van der Waals surface area contributed by atoms with Crippen LogP contribution < -0.4 is 10.6 Å². The Bertz CT molecular complexity index is 653. The number of likely N-dealkylation sites (N-methyl/N-ethyl adjacent to an activating group) is 1. The molecule has 1 saturated heterocycles. The molecule has 9 heteroatoms. The molecule has 0 spiro atoms. The van der Waals surface area contributed by atoms with E-state index in [4.69, 9.17) is 11.6 Å². The molecule has 0 bridgehead atoms. The molecular formula is C12H15BrClN3O3S. The standard InChI is InChI=1S/C12H15BrClN3O3S/c1-15-12(18)11-7-16-4-5-17(11)21(19,20)8-2-3-10(14)9(13)6-8/h2-3,6,11,16H,4-5,7H2,1H3,(H,15,18). The molecular weight excluding hydrogens is 382 g/mol. The first-order valence-corrected chi connectivity index (χ1v) is 8.88. The van der Waals surface area contributed by atoms with Gasteiger partial charge in [-0.15, -0.1) is 0 Å². The number of hydrogen-bond donors (Lipinski definition) is 2. The molecule has 1 atom stereocenters. The van der Waals surface area contributed by atoms with Crippen molar-refractivity contribution in [3.8, 4) is 0 Å². The first-order valence-electron chi connectivity index (χ1n) is 6.27. The minimum atomic E-state index is -3.76. The largest absolute Gasteiger partial charge is 0.358 e. The molecule has 1 heterocycles. The molecule has 1 amide bonds. The normalized spacial score (nSPS) is 20.2. The third kappa shape index (κ3) is 3.40. The lowest BCUT2D eigenvalue weighted by atomic mass is 10.2. The number of amides is 1. The second-order valence-electron chi connectivity index (χ2n) is 4.53. The van der Waals surface area contributed by atoms with Crippen molar-refractivity contribution in [2.75, 3.05) is 26.7 Å². The minimum absolute atomic E-state index is 0.106. The predicted octanol–water partition coefficient (Wildman–Crippen LogP) is 0.811. The van der Waals surface area contributed by atoms with Crippen molar-refractivity contribution in [2.45, 2.75) is 10.9 Å². The smallest absolute Gasteiger partial charge is 0.243 e. The Morgan fingerprint density at radius 2 is 2.24 bits per heavy atom. The summed E-state index contributed by atoms with van der Waals surface area (Å²) >= 11 is 9.10. The number of carbonyl (C=O) groups is 1. The molecule has 1 aliphatic heterocycles. The molecule has 1 aliphatic rings. The van der Waals surface area contributed by atoms with Crippen LogP contribution in [-0.4, -0.2) is 51.4 Å². The van der Waals surface area contributed by atoms with Gasteiger partial charge in [0.1, 0.15) is 6.04 Å². The van der Waals surface area contributed by atoms with Gasteiger partial charge in [0.15, 0.2) is 0 Å². The number of carbonyl (C=O) groups excluding carboxylic acids is 1. The van der Waals surface area contributed by atoms with Crippen molar-refractivity contribution in [1.82, 2.24) is 14.9 Å². The van der Waals surface area contributed by atoms with Crippen LogP contribution in [0, 0.1) is 0 Å². The molecule has 0 radical (unpaired) electrons. The molecule has 1 aromatic carbocycles. The summed E-state index contributed by atoms with van der Waals surface area (Å²) in [5.41, 5.74) is 0. The molecule has 0 saturated carbocycles. The van der Waals surface area contributed by atoms with E-state index in [1.165, 1.54) is 29.6 Å². The Morgan fingerprint density at radius 3 is 2.86 bits per heavy atom. The number of piperazine rings is 1. The Kier molecular flexibility index (Phi) is 5.26. The molecule has 1 unspecified atom stereocenters. The maximum Gasteiger partial charge on any atom is 0.243 e. The topological polar surface area (TPSA) is 78.5 Å². The molecule has 116 valence electrons. The van der Waals surface area contributed by atoms with Crippen LogP contribution in [0.4, 0.5) is 0 Å². The summed E-state index contributed by atoms with van der Waals surface area (Å²) in [5, 5.41) is 5.95. The molecule has 6 nitrogen and oxygen atoms in total. The zero-order chi connectivity index (χ0) is 15.6. The molecule has 0 aliphatic carbocycles. The zero-order valence-corrected chi connectivity index (χ0v) is 14.4.